The molecule has 15 nitrogen and oxygen atoms in total. The van der Waals surface area contributed by atoms with Gasteiger partial charge < -0.3 is 5.11 Å². The van der Waals surface area contributed by atoms with Crippen molar-refractivity contribution in [2.45, 2.75) is 33.1 Å². The summed E-state index contributed by atoms with van der Waals surface area (Å²) in [7, 11) is 0. The van der Waals surface area contributed by atoms with Crippen molar-refractivity contribution in [2.75, 3.05) is 6.61 Å². The number of ketones is 2. The van der Waals surface area contributed by atoms with Gasteiger partial charge in [-0.05, 0) is 0 Å². The molecule has 1 unspecified atom stereocenters. The Morgan fingerprint density at radius 1 is 0.633 bits per heavy atom. The van der Waals surface area contributed by atoms with Crippen LogP contribution < -0.4 is 0 Å². The Morgan fingerprint density at radius 2 is 1.03 bits per heavy atom. The van der Waals surface area contributed by atoms with Gasteiger partial charge >= 0.3 is 35.8 Å². The molecule has 0 spiro atoms. The summed E-state index contributed by atoms with van der Waals surface area (Å²) in [6.07, 6.45) is -2.23. The SMILES string of the molecule is CC(=O)C(=O)OOC(=O)CCC(=O)OOC(=O)CC(CO)C(=O)OOC(=O)C(C)=O. The fourth-order valence-electron chi connectivity index (χ4n) is 1.19. The van der Waals surface area contributed by atoms with Crippen LogP contribution in [0.25, 0.3) is 0 Å². The van der Waals surface area contributed by atoms with Crippen LogP contribution in [-0.2, 0) is 67.7 Å². The van der Waals surface area contributed by atoms with E-state index in [0.717, 1.165) is 13.8 Å². The van der Waals surface area contributed by atoms with Crippen molar-refractivity contribution in [1.29, 1.82) is 0 Å². The Balaban J connectivity index is 4.24. The smallest absolute Gasteiger partial charge is 0.395 e. The average Bonchev–Trinajstić information content (AvgIpc) is 2.70. The van der Waals surface area contributed by atoms with E-state index in [1.807, 2.05) is 0 Å². The third-order valence-corrected chi connectivity index (χ3v) is 2.71. The van der Waals surface area contributed by atoms with Gasteiger partial charge in [0.15, 0.2) is 0 Å². The van der Waals surface area contributed by atoms with Gasteiger partial charge in [0.1, 0.15) is 0 Å². The first-order valence-corrected chi connectivity index (χ1v) is 7.84. The second kappa shape index (κ2) is 13.3. The number of hydrogen-bond acceptors (Lipinski definition) is 15. The van der Waals surface area contributed by atoms with Gasteiger partial charge in [-0.3, -0.25) is 9.59 Å². The molecule has 0 heterocycles. The highest BCUT2D eigenvalue weighted by atomic mass is 17.2. The van der Waals surface area contributed by atoms with E-state index in [4.69, 9.17) is 5.11 Å². The zero-order valence-corrected chi connectivity index (χ0v) is 15.6. The molecule has 0 rings (SSSR count). The van der Waals surface area contributed by atoms with Crippen LogP contribution in [0.1, 0.15) is 33.1 Å². The van der Waals surface area contributed by atoms with Gasteiger partial charge in [-0.2, -0.15) is 0 Å². The highest BCUT2D eigenvalue weighted by molar-refractivity contribution is 6.32. The second-order valence-corrected chi connectivity index (χ2v) is 5.21. The summed E-state index contributed by atoms with van der Waals surface area (Å²) in [5.74, 6) is -11.8. The maximum Gasteiger partial charge on any atom is 0.421 e. The molecular weight excluding hydrogens is 420 g/mol. The third-order valence-electron chi connectivity index (χ3n) is 2.71. The Bertz CT molecular complexity index is 722. The van der Waals surface area contributed by atoms with Crippen molar-refractivity contribution in [3.8, 4) is 0 Å². The number of rotatable bonds is 9. The molecule has 15 heteroatoms. The standard InChI is InChI=1S/C15H16O15/c1-7(17)13(22)28-26-11(20)4-3-10(19)25-27-12(21)5-9(6-16)15(24)30-29-14(23)8(2)18/h9,16H,3-6H2,1-2H3. The van der Waals surface area contributed by atoms with E-state index < -0.39 is 79.2 Å². The van der Waals surface area contributed by atoms with Crippen LogP contribution in [0, 0.1) is 5.92 Å². The molecule has 0 radical (unpaired) electrons. The van der Waals surface area contributed by atoms with Gasteiger partial charge in [0, 0.05) is 13.8 Å². The minimum Gasteiger partial charge on any atom is -0.395 e. The summed E-state index contributed by atoms with van der Waals surface area (Å²) in [5.41, 5.74) is 0. The molecular formula is C15H16O15. The molecule has 0 saturated carbocycles. The van der Waals surface area contributed by atoms with Crippen LogP contribution in [0.4, 0.5) is 0 Å². The van der Waals surface area contributed by atoms with E-state index in [0.29, 0.717) is 0 Å². The molecule has 0 saturated heterocycles. The van der Waals surface area contributed by atoms with Gasteiger partial charge in [0.25, 0.3) is 0 Å². The van der Waals surface area contributed by atoms with Crippen LogP contribution in [0.2, 0.25) is 0 Å². The zero-order chi connectivity index (χ0) is 23.3. The predicted octanol–water partition coefficient (Wildman–Crippen LogP) is -2.05. The highest BCUT2D eigenvalue weighted by Crippen LogP contribution is 2.08. The largest absolute Gasteiger partial charge is 0.421 e. The monoisotopic (exact) mass is 436 g/mol. The van der Waals surface area contributed by atoms with Crippen LogP contribution >= 0.6 is 0 Å². The molecule has 166 valence electrons. The van der Waals surface area contributed by atoms with Crippen molar-refractivity contribution in [2.24, 2.45) is 5.92 Å². The van der Waals surface area contributed by atoms with E-state index in [1.54, 1.807) is 0 Å². The van der Waals surface area contributed by atoms with E-state index >= 15 is 0 Å². The van der Waals surface area contributed by atoms with Crippen molar-refractivity contribution >= 4 is 47.4 Å². The van der Waals surface area contributed by atoms with Gasteiger partial charge in [0.05, 0.1) is 31.8 Å². The Labute approximate surface area is 166 Å². The van der Waals surface area contributed by atoms with E-state index in [9.17, 15) is 38.4 Å². The molecule has 0 aromatic heterocycles. The lowest BCUT2D eigenvalue weighted by Gasteiger charge is -2.10. The molecule has 0 amide bonds. The number of carbonyl (C=O) groups is 8. The molecule has 0 aromatic rings. The van der Waals surface area contributed by atoms with Crippen molar-refractivity contribution in [3.05, 3.63) is 0 Å². The number of hydrogen-bond donors (Lipinski definition) is 1. The Hall–Kier alpha value is -3.88. The lowest BCUT2D eigenvalue weighted by Crippen LogP contribution is -2.27. The first-order valence-electron chi connectivity index (χ1n) is 7.84. The first-order chi connectivity index (χ1) is 14.0. The molecule has 0 aliphatic rings. The summed E-state index contributed by atoms with van der Waals surface area (Å²) >= 11 is 0. The number of aliphatic hydroxyl groups excluding tert-OH is 1. The number of aliphatic hydroxyl groups is 1. The van der Waals surface area contributed by atoms with E-state index in [2.05, 4.69) is 29.3 Å². The molecule has 0 aliphatic carbocycles. The molecule has 0 aromatic carbocycles. The Kier molecular flexibility index (Phi) is 11.6. The van der Waals surface area contributed by atoms with Crippen LogP contribution in [0.3, 0.4) is 0 Å². The molecule has 0 aliphatic heterocycles. The normalized spacial score (nSPS) is 10.6. The minimum atomic E-state index is -1.58. The second-order valence-electron chi connectivity index (χ2n) is 5.21. The van der Waals surface area contributed by atoms with Gasteiger partial charge in [0.2, 0.25) is 11.6 Å². The van der Waals surface area contributed by atoms with Crippen LogP contribution in [0.15, 0.2) is 0 Å². The van der Waals surface area contributed by atoms with Crippen molar-refractivity contribution < 1.29 is 72.8 Å². The fraction of sp³-hybridized carbons (Fsp3) is 0.467. The molecule has 1 atom stereocenters. The van der Waals surface area contributed by atoms with Crippen LogP contribution in [-0.4, -0.2) is 59.1 Å². The molecule has 0 fully saturated rings. The fourth-order valence-corrected chi connectivity index (χ4v) is 1.19. The van der Waals surface area contributed by atoms with Gasteiger partial charge in [-0.15, -0.1) is 0 Å². The maximum absolute atomic E-state index is 11.5. The van der Waals surface area contributed by atoms with E-state index in [1.165, 1.54) is 0 Å². The topological polar surface area (TPSA) is 212 Å². The molecule has 30 heavy (non-hydrogen) atoms. The molecule has 1 N–H and O–H groups in total. The van der Waals surface area contributed by atoms with Crippen molar-refractivity contribution in [1.82, 2.24) is 0 Å². The summed E-state index contributed by atoms with van der Waals surface area (Å²) in [4.78, 5) is 112. The van der Waals surface area contributed by atoms with Crippen molar-refractivity contribution in [3.63, 3.8) is 0 Å². The summed E-state index contributed by atoms with van der Waals surface area (Å²) in [6.45, 7) is 0.746. The van der Waals surface area contributed by atoms with E-state index in [-0.39, 0.29) is 0 Å². The third kappa shape index (κ3) is 11.1. The number of carbonyl (C=O) groups excluding carboxylic acids is 8. The summed E-state index contributed by atoms with van der Waals surface area (Å²) in [5, 5.41) is 9.03. The van der Waals surface area contributed by atoms with Crippen LogP contribution in [0.5, 0.6) is 0 Å². The summed E-state index contributed by atoms with van der Waals surface area (Å²) < 4.78 is 0. The zero-order valence-electron chi connectivity index (χ0n) is 15.6. The van der Waals surface area contributed by atoms with Gasteiger partial charge in [-0.25, -0.2) is 58.1 Å². The number of Topliss-reactive ketones (excluding diaryl/α,β-unsaturated/α-hetero) is 2. The predicted molar refractivity (Wildman–Crippen MR) is 82.3 cm³/mol. The lowest BCUT2D eigenvalue weighted by atomic mass is 10.1. The first kappa shape index (κ1) is 26.1. The summed E-state index contributed by atoms with van der Waals surface area (Å²) in [6, 6.07) is 0. The highest BCUT2D eigenvalue weighted by Gasteiger charge is 2.27. The Morgan fingerprint density at radius 3 is 1.47 bits per heavy atom. The lowest BCUT2D eigenvalue weighted by molar-refractivity contribution is -0.266. The minimum absolute atomic E-state index is 0.672. The maximum atomic E-state index is 11.5. The van der Waals surface area contributed by atoms with Gasteiger partial charge in [-0.1, -0.05) is 0 Å². The molecule has 0 bridgehead atoms. The quantitative estimate of drug-likeness (QED) is 0.234. The average molecular weight is 436 g/mol.